The van der Waals surface area contributed by atoms with Gasteiger partial charge in [0.15, 0.2) is 0 Å². The molecule has 0 amide bonds. The van der Waals surface area contributed by atoms with Crippen LogP contribution in [-0.2, 0) is 17.9 Å². The zero-order valence-electron chi connectivity index (χ0n) is 17.7. The van der Waals surface area contributed by atoms with Gasteiger partial charge in [0, 0.05) is 48.1 Å². The van der Waals surface area contributed by atoms with Crippen LogP contribution in [0, 0.1) is 35.4 Å². The Morgan fingerprint density at radius 2 is 1.20 bits per heavy atom. The summed E-state index contributed by atoms with van der Waals surface area (Å²) in [6.45, 7) is 0. The topological polar surface area (TPSA) is 54.5 Å². The van der Waals surface area contributed by atoms with Gasteiger partial charge in [-0.15, -0.1) is 24.3 Å². The normalized spacial score (nSPS) is 9.43. The summed E-state index contributed by atoms with van der Waals surface area (Å²) < 4.78 is 51.6. The van der Waals surface area contributed by atoms with Crippen molar-refractivity contribution in [2.24, 2.45) is 0 Å². The number of hydrogen-bond acceptors (Lipinski definition) is 3. The van der Waals surface area contributed by atoms with Crippen LogP contribution in [0.2, 0.25) is 0 Å². The standard InChI is InChI=1S/2C11H6F2N.C3H4N2.ClH.Ir/c2*12-8-4-5-9(10(13)7-8)11-3-1-2-6-14-11;1-2-5-3-4-1;;/h2*1-4,6-7H;1-3H,(H,4,5);1H;/q2*-1;;;+3/p-1. The molecule has 0 aliphatic heterocycles. The monoisotopic (exact) mass is 676 g/mol. The third kappa shape index (κ3) is 9.41. The maximum absolute atomic E-state index is 13.2. The average molecular weight is 676 g/mol. The Kier molecular flexibility index (Phi) is 12.3. The SMILES string of the molecule is Fc1c[c-]c(-c2ccccn2)c(F)c1.Fc1c[c-]c(-c2ccccn2)c(F)c1.[Cl][Ir+2].c1c[nH]cn1. The van der Waals surface area contributed by atoms with Crippen LogP contribution in [0.3, 0.4) is 0 Å². The fourth-order valence-electron chi connectivity index (χ4n) is 2.52. The zero-order chi connectivity index (χ0) is 25.5. The molecule has 0 unspecified atom stereocenters. The van der Waals surface area contributed by atoms with E-state index in [9.17, 15) is 17.6 Å². The van der Waals surface area contributed by atoms with Crippen molar-refractivity contribution in [2.75, 3.05) is 0 Å². The number of aromatic amines is 1. The molecular weight excluding hydrogens is 660 g/mol. The van der Waals surface area contributed by atoms with Crippen LogP contribution < -0.4 is 0 Å². The first-order valence-electron chi connectivity index (χ1n) is 9.66. The molecule has 1 N–H and O–H groups in total. The number of hydrogen-bond donors (Lipinski definition) is 1. The maximum Gasteiger partial charge on any atom is 0.0919 e. The quantitative estimate of drug-likeness (QED) is 0.166. The van der Waals surface area contributed by atoms with Crippen molar-refractivity contribution in [2.45, 2.75) is 0 Å². The summed E-state index contributed by atoms with van der Waals surface area (Å²) >= 11 is 1.47. The molecule has 5 rings (SSSR count). The molecule has 0 saturated carbocycles. The fraction of sp³-hybridized carbons (Fsp3) is 0. The van der Waals surface area contributed by atoms with E-state index in [0.29, 0.717) is 11.4 Å². The molecule has 0 aliphatic carbocycles. The van der Waals surface area contributed by atoms with Crippen LogP contribution >= 0.6 is 9.58 Å². The molecule has 3 aromatic heterocycles. The van der Waals surface area contributed by atoms with Gasteiger partial charge in [-0.25, -0.2) is 4.98 Å². The van der Waals surface area contributed by atoms with Gasteiger partial charge < -0.3 is 15.0 Å². The number of rotatable bonds is 2. The van der Waals surface area contributed by atoms with E-state index in [-0.39, 0.29) is 11.1 Å². The van der Waals surface area contributed by atoms with Crippen molar-refractivity contribution in [1.29, 1.82) is 0 Å². The van der Waals surface area contributed by atoms with Crippen molar-refractivity contribution in [3.8, 4) is 22.5 Å². The third-order valence-corrected chi connectivity index (χ3v) is 3.96. The second-order valence-corrected chi connectivity index (χ2v) is 6.27. The summed E-state index contributed by atoms with van der Waals surface area (Å²) in [4.78, 5) is 14.3. The van der Waals surface area contributed by atoms with E-state index in [0.717, 1.165) is 24.3 Å². The molecule has 0 spiro atoms. The molecule has 0 radical (unpaired) electrons. The Hall–Kier alpha value is -3.39. The second kappa shape index (κ2) is 15.5. The number of nitrogens with one attached hydrogen (secondary N) is 1. The molecule has 0 bridgehead atoms. The second-order valence-electron chi connectivity index (χ2n) is 6.27. The molecule has 0 saturated heterocycles. The number of aromatic nitrogens is 4. The van der Waals surface area contributed by atoms with Gasteiger partial charge in [-0.1, -0.05) is 47.5 Å². The van der Waals surface area contributed by atoms with Gasteiger partial charge in [0.05, 0.1) is 6.33 Å². The summed E-state index contributed by atoms with van der Waals surface area (Å²) in [6.07, 6.45) is 8.18. The predicted molar refractivity (Wildman–Crippen MR) is 121 cm³/mol. The van der Waals surface area contributed by atoms with Crippen LogP contribution in [0.25, 0.3) is 22.5 Å². The van der Waals surface area contributed by atoms with Gasteiger partial charge >= 0.3 is 27.5 Å². The largest absolute Gasteiger partial charge is 0.351 e. The summed E-state index contributed by atoms with van der Waals surface area (Å²) in [5.74, 6) is -2.57. The van der Waals surface area contributed by atoms with Crippen LogP contribution in [-0.4, -0.2) is 19.9 Å². The van der Waals surface area contributed by atoms with Gasteiger partial charge in [0.1, 0.15) is 0 Å². The number of pyridine rings is 2. The Balaban J connectivity index is 0.000000195. The summed E-state index contributed by atoms with van der Waals surface area (Å²) in [6, 6.07) is 19.1. The molecule has 0 fully saturated rings. The van der Waals surface area contributed by atoms with Crippen LogP contribution in [0.5, 0.6) is 0 Å². The number of benzene rings is 2. The first kappa shape index (κ1) is 27.9. The summed E-state index contributed by atoms with van der Waals surface area (Å²) in [5, 5.41) is 0. The van der Waals surface area contributed by atoms with E-state index in [4.69, 9.17) is 0 Å². The van der Waals surface area contributed by atoms with Crippen LogP contribution in [0.1, 0.15) is 0 Å². The van der Waals surface area contributed by atoms with Gasteiger partial charge in [-0.05, 0) is 23.5 Å². The molecule has 4 nitrogen and oxygen atoms in total. The van der Waals surface area contributed by atoms with Gasteiger partial charge in [-0.2, -0.15) is 0 Å². The molecule has 3 heterocycles. The minimum Gasteiger partial charge on any atom is -0.351 e. The zero-order valence-corrected chi connectivity index (χ0v) is 20.9. The van der Waals surface area contributed by atoms with Crippen molar-refractivity contribution >= 4 is 9.58 Å². The number of H-pyrrole nitrogens is 1. The number of halogens is 5. The van der Waals surface area contributed by atoms with E-state index in [1.165, 1.54) is 17.9 Å². The van der Waals surface area contributed by atoms with Crippen molar-refractivity contribution in [3.05, 3.63) is 127 Å². The Morgan fingerprint density at radius 3 is 1.49 bits per heavy atom. The van der Waals surface area contributed by atoms with E-state index >= 15 is 0 Å². The average Bonchev–Trinajstić information content (AvgIpc) is 3.47. The fourth-order valence-corrected chi connectivity index (χ4v) is 2.52. The molecule has 2 aromatic carbocycles. The molecule has 180 valence electrons. The Morgan fingerprint density at radius 1 is 0.714 bits per heavy atom. The maximum atomic E-state index is 13.2. The van der Waals surface area contributed by atoms with E-state index in [1.807, 2.05) is 0 Å². The first-order valence-corrected chi connectivity index (χ1v) is 12.6. The molecule has 35 heavy (non-hydrogen) atoms. The van der Waals surface area contributed by atoms with Crippen LogP contribution in [0.4, 0.5) is 17.6 Å². The van der Waals surface area contributed by atoms with E-state index in [1.54, 1.807) is 67.5 Å². The minimum absolute atomic E-state index is 0.187. The predicted octanol–water partition coefficient (Wildman–Crippen LogP) is 6.75. The van der Waals surface area contributed by atoms with Crippen LogP contribution in [0.15, 0.2) is 91.8 Å². The molecule has 0 aliphatic rings. The Labute approximate surface area is 214 Å². The van der Waals surface area contributed by atoms with E-state index < -0.39 is 23.3 Å². The number of nitrogens with zero attached hydrogens (tertiary/aromatic N) is 3. The van der Waals surface area contributed by atoms with E-state index in [2.05, 4.69) is 41.7 Å². The molecular formula is C25H16ClF4IrN4. The third-order valence-electron chi connectivity index (χ3n) is 3.96. The minimum atomic E-state index is -0.649. The molecule has 10 heteroatoms. The molecule has 0 atom stereocenters. The van der Waals surface area contributed by atoms with Gasteiger partial charge in [-0.3, -0.25) is 17.6 Å². The summed E-state index contributed by atoms with van der Waals surface area (Å²) in [7, 11) is 4.64. The van der Waals surface area contributed by atoms with Gasteiger partial charge in [0.25, 0.3) is 0 Å². The Bertz CT molecular complexity index is 1160. The smallest absolute Gasteiger partial charge is 0.0919 e. The van der Waals surface area contributed by atoms with Crippen molar-refractivity contribution < 1.29 is 35.5 Å². The molecule has 5 aromatic rings. The van der Waals surface area contributed by atoms with Crippen molar-refractivity contribution in [1.82, 2.24) is 19.9 Å². The first-order chi connectivity index (χ1) is 17.0. The van der Waals surface area contributed by atoms with Crippen molar-refractivity contribution in [3.63, 3.8) is 0 Å². The summed E-state index contributed by atoms with van der Waals surface area (Å²) in [5.41, 5.74) is 1.27. The number of imidazole rings is 1. The van der Waals surface area contributed by atoms with Gasteiger partial charge in [0.2, 0.25) is 0 Å².